The number of carbonyl (C=O) groups is 3. The van der Waals surface area contributed by atoms with Gasteiger partial charge in [-0.15, -0.1) is 0 Å². The van der Waals surface area contributed by atoms with Crippen LogP contribution in [0.3, 0.4) is 0 Å². The molecule has 1 rings (SSSR count). The number of aliphatic carboxylic acids is 3. The Kier molecular flexibility index (Phi) is 7.74. The van der Waals surface area contributed by atoms with Crippen molar-refractivity contribution in [2.45, 2.75) is 57.0 Å². The molecule has 19 heavy (non-hydrogen) atoms. The number of aliphatic hydroxyl groups is 1. The maximum absolute atomic E-state index is 10.3. The molecule has 1 fully saturated rings. The van der Waals surface area contributed by atoms with Gasteiger partial charge in [-0.1, -0.05) is 38.5 Å². The Morgan fingerprint density at radius 1 is 0.737 bits per heavy atom. The minimum absolute atomic E-state index is 1.14. The fraction of sp³-hybridized carbons (Fsp3) is 0.750. The molecular weight excluding hydrogens is 256 g/mol. The molecule has 0 aliphatic heterocycles. The highest BCUT2D eigenvalue weighted by atomic mass is 16.4. The Labute approximate surface area is 110 Å². The summed E-state index contributed by atoms with van der Waals surface area (Å²) in [5.74, 6) is -5.02. The molecule has 0 bridgehead atoms. The summed E-state index contributed by atoms with van der Waals surface area (Å²) in [6.45, 7) is 0. The van der Waals surface area contributed by atoms with E-state index in [1.165, 1.54) is 38.5 Å². The number of hydrogen-bond acceptors (Lipinski definition) is 4. The minimum Gasteiger partial charge on any atom is -0.481 e. The van der Waals surface area contributed by atoms with Crippen molar-refractivity contribution in [3.05, 3.63) is 0 Å². The molecule has 0 unspecified atom stereocenters. The molecule has 0 heterocycles. The van der Waals surface area contributed by atoms with Gasteiger partial charge in [0.1, 0.15) is 0 Å². The van der Waals surface area contributed by atoms with Gasteiger partial charge >= 0.3 is 17.9 Å². The molecule has 0 aromatic rings. The van der Waals surface area contributed by atoms with Crippen molar-refractivity contribution in [2.75, 3.05) is 0 Å². The first-order chi connectivity index (χ1) is 8.78. The quantitative estimate of drug-likeness (QED) is 0.590. The van der Waals surface area contributed by atoms with E-state index in [0.29, 0.717) is 0 Å². The van der Waals surface area contributed by atoms with E-state index < -0.39 is 36.4 Å². The molecule has 0 amide bonds. The highest BCUT2D eigenvalue weighted by molar-refractivity contribution is 5.88. The number of carboxylic acid groups (broad SMARTS) is 3. The summed E-state index contributed by atoms with van der Waals surface area (Å²) in [5, 5.41) is 33.8. The average Bonchev–Trinajstić information content (AvgIpc) is 2.29. The fourth-order valence-electron chi connectivity index (χ4n) is 1.77. The smallest absolute Gasteiger partial charge is 0.336 e. The summed E-state index contributed by atoms with van der Waals surface area (Å²) in [5.41, 5.74) is -2.74. The summed E-state index contributed by atoms with van der Waals surface area (Å²) in [4.78, 5) is 30.5. The maximum Gasteiger partial charge on any atom is 0.336 e. The Bertz CT molecular complexity index is 293. The Morgan fingerprint density at radius 2 is 1.00 bits per heavy atom. The van der Waals surface area contributed by atoms with Gasteiger partial charge in [-0.05, 0) is 0 Å². The van der Waals surface area contributed by atoms with Crippen LogP contribution in [-0.4, -0.2) is 43.9 Å². The van der Waals surface area contributed by atoms with Crippen LogP contribution in [0.2, 0.25) is 0 Å². The van der Waals surface area contributed by atoms with Crippen molar-refractivity contribution in [3.63, 3.8) is 0 Å². The standard InChI is InChI=1S/C6H8O7.C6H12/c7-3(8)1-6(13,5(11)12)2-4(9)10;1-2-4-6-5-3-1/h13H,1-2H2,(H,7,8)(H,9,10)(H,11,12);1-6H2. The van der Waals surface area contributed by atoms with E-state index in [9.17, 15) is 14.4 Å². The fourth-order valence-corrected chi connectivity index (χ4v) is 1.77. The molecule has 0 saturated heterocycles. The van der Waals surface area contributed by atoms with Crippen LogP contribution in [0.25, 0.3) is 0 Å². The van der Waals surface area contributed by atoms with E-state index in [-0.39, 0.29) is 0 Å². The summed E-state index contributed by atoms with van der Waals surface area (Å²) in [6.07, 6.45) is 6.71. The molecule has 7 heteroatoms. The Morgan fingerprint density at radius 3 is 1.16 bits per heavy atom. The third-order valence-electron chi connectivity index (χ3n) is 2.79. The summed E-state index contributed by atoms with van der Waals surface area (Å²) in [6, 6.07) is 0. The summed E-state index contributed by atoms with van der Waals surface area (Å²) in [7, 11) is 0. The van der Waals surface area contributed by atoms with Gasteiger partial charge in [0.25, 0.3) is 0 Å². The zero-order valence-electron chi connectivity index (χ0n) is 10.7. The zero-order valence-corrected chi connectivity index (χ0v) is 10.7. The Hall–Kier alpha value is -1.63. The number of hydrogen-bond donors (Lipinski definition) is 4. The SMILES string of the molecule is C1CCCCC1.O=C(O)CC(O)(CC(=O)O)C(=O)O. The molecule has 0 aromatic carbocycles. The average molecular weight is 276 g/mol. The van der Waals surface area contributed by atoms with Crippen LogP contribution in [0.4, 0.5) is 0 Å². The second-order valence-electron chi connectivity index (χ2n) is 4.60. The maximum atomic E-state index is 10.3. The van der Waals surface area contributed by atoms with Gasteiger partial charge in [-0.2, -0.15) is 0 Å². The van der Waals surface area contributed by atoms with E-state index in [4.69, 9.17) is 20.4 Å². The van der Waals surface area contributed by atoms with Crippen molar-refractivity contribution in [1.29, 1.82) is 0 Å². The lowest BCUT2D eigenvalue weighted by atomic mass is 9.96. The normalized spacial score (nSPS) is 15.0. The second kappa shape index (κ2) is 8.47. The molecule has 7 nitrogen and oxygen atoms in total. The predicted molar refractivity (Wildman–Crippen MR) is 64.8 cm³/mol. The van der Waals surface area contributed by atoms with Gasteiger partial charge in [0.2, 0.25) is 0 Å². The van der Waals surface area contributed by atoms with Crippen LogP contribution in [0, 0.1) is 0 Å². The monoisotopic (exact) mass is 276 g/mol. The lowest BCUT2D eigenvalue weighted by Crippen LogP contribution is -2.42. The molecule has 0 radical (unpaired) electrons. The van der Waals surface area contributed by atoms with Gasteiger partial charge < -0.3 is 20.4 Å². The summed E-state index contributed by atoms with van der Waals surface area (Å²) < 4.78 is 0. The minimum atomic E-state index is -2.74. The largest absolute Gasteiger partial charge is 0.481 e. The van der Waals surface area contributed by atoms with E-state index in [2.05, 4.69) is 0 Å². The highest BCUT2D eigenvalue weighted by Crippen LogP contribution is 2.16. The first kappa shape index (κ1) is 17.4. The first-order valence-electron chi connectivity index (χ1n) is 6.17. The lowest BCUT2D eigenvalue weighted by molar-refractivity contribution is -0.170. The molecule has 4 N–H and O–H groups in total. The number of carboxylic acids is 3. The van der Waals surface area contributed by atoms with E-state index in [1.54, 1.807) is 0 Å². The van der Waals surface area contributed by atoms with E-state index >= 15 is 0 Å². The molecule has 1 aliphatic carbocycles. The van der Waals surface area contributed by atoms with Crippen LogP contribution < -0.4 is 0 Å². The van der Waals surface area contributed by atoms with E-state index in [1.807, 2.05) is 0 Å². The molecule has 1 aliphatic rings. The van der Waals surface area contributed by atoms with Crippen LogP contribution >= 0.6 is 0 Å². The van der Waals surface area contributed by atoms with Gasteiger partial charge in [0, 0.05) is 0 Å². The second-order valence-corrected chi connectivity index (χ2v) is 4.60. The molecule has 0 aromatic heterocycles. The highest BCUT2D eigenvalue weighted by Gasteiger charge is 2.40. The summed E-state index contributed by atoms with van der Waals surface area (Å²) >= 11 is 0. The molecule has 0 atom stereocenters. The topological polar surface area (TPSA) is 132 Å². The van der Waals surface area contributed by atoms with Gasteiger partial charge in [-0.25, -0.2) is 4.79 Å². The predicted octanol–water partition coefficient (Wildman–Crippen LogP) is 1.09. The zero-order chi connectivity index (χ0) is 14.9. The molecule has 0 spiro atoms. The first-order valence-corrected chi connectivity index (χ1v) is 6.17. The van der Waals surface area contributed by atoms with Crippen molar-refractivity contribution in [2.24, 2.45) is 0 Å². The van der Waals surface area contributed by atoms with Crippen LogP contribution in [0.5, 0.6) is 0 Å². The van der Waals surface area contributed by atoms with Crippen molar-refractivity contribution < 1.29 is 34.8 Å². The number of rotatable bonds is 5. The van der Waals surface area contributed by atoms with Crippen LogP contribution in [0.15, 0.2) is 0 Å². The van der Waals surface area contributed by atoms with Crippen molar-refractivity contribution in [1.82, 2.24) is 0 Å². The third kappa shape index (κ3) is 8.15. The molecular formula is C12H20O7. The Balaban J connectivity index is 0.000000443. The van der Waals surface area contributed by atoms with Crippen molar-refractivity contribution >= 4 is 17.9 Å². The van der Waals surface area contributed by atoms with Gasteiger partial charge in [-0.3, -0.25) is 9.59 Å². The third-order valence-corrected chi connectivity index (χ3v) is 2.79. The van der Waals surface area contributed by atoms with Crippen molar-refractivity contribution in [3.8, 4) is 0 Å². The van der Waals surface area contributed by atoms with Gasteiger partial charge in [0.05, 0.1) is 12.8 Å². The van der Waals surface area contributed by atoms with E-state index in [0.717, 1.165) is 0 Å². The molecule has 1 saturated carbocycles. The van der Waals surface area contributed by atoms with Crippen LogP contribution in [-0.2, 0) is 14.4 Å². The van der Waals surface area contributed by atoms with Crippen LogP contribution in [0.1, 0.15) is 51.4 Å². The lowest BCUT2D eigenvalue weighted by Gasteiger charge is -2.18. The van der Waals surface area contributed by atoms with Gasteiger partial charge in [0.15, 0.2) is 5.60 Å². The molecule has 110 valence electrons.